The lowest BCUT2D eigenvalue weighted by atomic mass is 10.1. The van der Waals surface area contributed by atoms with Crippen molar-refractivity contribution in [3.63, 3.8) is 0 Å². The molecule has 0 amide bonds. The van der Waals surface area contributed by atoms with Gasteiger partial charge < -0.3 is 10.5 Å². The zero-order valence-corrected chi connectivity index (χ0v) is 11.4. The molecule has 102 valence electrons. The van der Waals surface area contributed by atoms with Gasteiger partial charge in [0.2, 0.25) is 0 Å². The van der Waals surface area contributed by atoms with Gasteiger partial charge in [-0.3, -0.25) is 0 Å². The van der Waals surface area contributed by atoms with Crippen LogP contribution >= 0.6 is 0 Å². The molecule has 0 saturated carbocycles. The minimum absolute atomic E-state index is 0.214. The number of hydrogen-bond donors (Lipinski definition) is 1. The summed E-state index contributed by atoms with van der Waals surface area (Å²) in [5.74, 6) is -0.302. The summed E-state index contributed by atoms with van der Waals surface area (Å²) in [7, 11) is 0. The van der Waals surface area contributed by atoms with Crippen LogP contribution < -0.4 is 5.73 Å². The van der Waals surface area contributed by atoms with Gasteiger partial charge in [-0.25, -0.2) is 4.39 Å². The van der Waals surface area contributed by atoms with E-state index in [0.717, 1.165) is 12.0 Å². The van der Waals surface area contributed by atoms with Crippen LogP contribution in [0.4, 0.5) is 10.1 Å². The maximum absolute atomic E-state index is 13.1. The minimum Gasteiger partial charge on any atom is -0.399 e. The maximum Gasteiger partial charge on any atom is 0.125 e. The second-order valence-corrected chi connectivity index (χ2v) is 4.86. The molecule has 0 aliphatic heterocycles. The van der Waals surface area contributed by atoms with Crippen molar-refractivity contribution >= 4 is 5.69 Å². The number of halogens is 1. The Morgan fingerprint density at radius 2 is 2.00 bits per heavy atom. The van der Waals surface area contributed by atoms with Gasteiger partial charge in [0.1, 0.15) is 5.82 Å². The summed E-state index contributed by atoms with van der Waals surface area (Å²) in [5.41, 5.74) is 6.83. The van der Waals surface area contributed by atoms with Crippen LogP contribution in [0.15, 0.2) is 18.2 Å². The van der Waals surface area contributed by atoms with Crippen LogP contribution in [0.2, 0.25) is 0 Å². The predicted octanol–water partition coefficient (Wildman–Crippen LogP) is 4.28. The molecule has 0 aliphatic rings. The standard InChI is InChI=1S/C15H24FNO/c1-3-4-5-6-7-12(2)18-11-13-8-14(16)10-15(17)9-13/h8-10,12H,3-7,11,17H2,1-2H3. The minimum atomic E-state index is -0.302. The largest absolute Gasteiger partial charge is 0.399 e. The molecular weight excluding hydrogens is 229 g/mol. The number of hydrogen-bond acceptors (Lipinski definition) is 2. The smallest absolute Gasteiger partial charge is 0.125 e. The third-order valence-corrected chi connectivity index (χ3v) is 2.98. The SMILES string of the molecule is CCCCCCC(C)OCc1cc(N)cc(F)c1. The topological polar surface area (TPSA) is 35.2 Å². The van der Waals surface area contributed by atoms with Crippen LogP contribution in [0.25, 0.3) is 0 Å². The average molecular weight is 253 g/mol. The second-order valence-electron chi connectivity index (χ2n) is 4.86. The summed E-state index contributed by atoms with van der Waals surface area (Å²) < 4.78 is 18.8. The quantitative estimate of drug-likeness (QED) is 0.554. The molecule has 0 bridgehead atoms. The van der Waals surface area contributed by atoms with Gasteiger partial charge in [-0.1, -0.05) is 32.6 Å². The molecule has 1 atom stereocenters. The first-order valence-corrected chi connectivity index (χ1v) is 6.78. The predicted molar refractivity (Wildman–Crippen MR) is 73.8 cm³/mol. The van der Waals surface area contributed by atoms with Gasteiger partial charge in [0.25, 0.3) is 0 Å². The fourth-order valence-corrected chi connectivity index (χ4v) is 1.94. The van der Waals surface area contributed by atoms with Gasteiger partial charge in [0.15, 0.2) is 0 Å². The van der Waals surface area contributed by atoms with E-state index in [0.29, 0.717) is 12.3 Å². The maximum atomic E-state index is 13.1. The van der Waals surface area contributed by atoms with Crippen molar-refractivity contribution in [3.8, 4) is 0 Å². The summed E-state index contributed by atoms with van der Waals surface area (Å²) in [6.45, 7) is 4.69. The Morgan fingerprint density at radius 1 is 1.22 bits per heavy atom. The molecule has 2 N–H and O–H groups in total. The van der Waals surface area contributed by atoms with E-state index in [-0.39, 0.29) is 11.9 Å². The van der Waals surface area contributed by atoms with Crippen LogP contribution in [-0.2, 0) is 11.3 Å². The fraction of sp³-hybridized carbons (Fsp3) is 0.600. The Hall–Kier alpha value is -1.09. The molecule has 0 aliphatic carbocycles. The number of nitrogens with two attached hydrogens (primary N) is 1. The summed E-state index contributed by atoms with van der Waals surface area (Å²) in [5, 5.41) is 0. The average Bonchev–Trinajstić information content (AvgIpc) is 2.31. The molecule has 1 rings (SSSR count). The molecule has 0 fully saturated rings. The van der Waals surface area contributed by atoms with Crippen LogP contribution in [-0.4, -0.2) is 6.10 Å². The number of ether oxygens (including phenoxy) is 1. The van der Waals surface area contributed by atoms with Gasteiger partial charge in [-0.15, -0.1) is 0 Å². The van der Waals surface area contributed by atoms with Crippen LogP contribution in [0.1, 0.15) is 51.5 Å². The van der Waals surface area contributed by atoms with Crippen LogP contribution in [0.5, 0.6) is 0 Å². The van der Waals surface area contributed by atoms with Crippen molar-refractivity contribution < 1.29 is 9.13 Å². The molecular formula is C15H24FNO. The molecule has 18 heavy (non-hydrogen) atoms. The molecule has 1 aromatic carbocycles. The van der Waals surface area contributed by atoms with E-state index in [9.17, 15) is 4.39 Å². The monoisotopic (exact) mass is 253 g/mol. The van der Waals surface area contributed by atoms with Crippen molar-refractivity contribution in [1.29, 1.82) is 0 Å². The van der Waals surface area contributed by atoms with Gasteiger partial charge in [0.05, 0.1) is 12.7 Å². The Bertz CT molecular complexity index is 334. The molecule has 0 radical (unpaired) electrons. The lowest BCUT2D eigenvalue weighted by molar-refractivity contribution is 0.0458. The summed E-state index contributed by atoms with van der Waals surface area (Å²) in [4.78, 5) is 0. The summed E-state index contributed by atoms with van der Waals surface area (Å²) in [6.07, 6.45) is 6.26. The highest BCUT2D eigenvalue weighted by Crippen LogP contribution is 2.14. The van der Waals surface area contributed by atoms with E-state index in [1.54, 1.807) is 6.07 Å². The third kappa shape index (κ3) is 6.01. The van der Waals surface area contributed by atoms with E-state index in [2.05, 4.69) is 13.8 Å². The van der Waals surface area contributed by atoms with Crippen molar-refractivity contribution in [3.05, 3.63) is 29.6 Å². The van der Waals surface area contributed by atoms with E-state index in [4.69, 9.17) is 10.5 Å². The van der Waals surface area contributed by atoms with Crippen molar-refractivity contribution in [1.82, 2.24) is 0 Å². The third-order valence-electron chi connectivity index (χ3n) is 2.98. The number of unbranched alkanes of at least 4 members (excludes halogenated alkanes) is 3. The zero-order chi connectivity index (χ0) is 13.4. The van der Waals surface area contributed by atoms with E-state index in [1.807, 2.05) is 0 Å². The molecule has 0 aromatic heterocycles. The van der Waals surface area contributed by atoms with Gasteiger partial charge in [0, 0.05) is 5.69 Å². The number of anilines is 1. The zero-order valence-electron chi connectivity index (χ0n) is 11.4. The second kappa shape index (κ2) is 8.09. The number of rotatable bonds is 8. The fourth-order valence-electron chi connectivity index (χ4n) is 1.94. The summed E-state index contributed by atoms with van der Waals surface area (Å²) in [6, 6.07) is 4.55. The Kier molecular flexibility index (Phi) is 6.73. The van der Waals surface area contributed by atoms with E-state index in [1.165, 1.54) is 37.8 Å². The first-order chi connectivity index (χ1) is 8.61. The number of benzene rings is 1. The molecule has 1 unspecified atom stereocenters. The molecule has 0 spiro atoms. The molecule has 2 nitrogen and oxygen atoms in total. The molecule has 0 saturated heterocycles. The highest BCUT2D eigenvalue weighted by atomic mass is 19.1. The highest BCUT2D eigenvalue weighted by Gasteiger charge is 2.04. The number of nitrogen functional groups attached to an aromatic ring is 1. The van der Waals surface area contributed by atoms with E-state index < -0.39 is 0 Å². The van der Waals surface area contributed by atoms with Crippen molar-refractivity contribution in [2.45, 2.75) is 58.7 Å². The van der Waals surface area contributed by atoms with Crippen molar-refractivity contribution in [2.24, 2.45) is 0 Å². The van der Waals surface area contributed by atoms with E-state index >= 15 is 0 Å². The first kappa shape index (κ1) is 15.0. The van der Waals surface area contributed by atoms with Gasteiger partial charge in [-0.05, 0) is 37.1 Å². The van der Waals surface area contributed by atoms with Crippen LogP contribution in [0.3, 0.4) is 0 Å². The summed E-state index contributed by atoms with van der Waals surface area (Å²) >= 11 is 0. The van der Waals surface area contributed by atoms with Crippen molar-refractivity contribution in [2.75, 3.05) is 5.73 Å². The normalized spacial score (nSPS) is 12.6. The highest BCUT2D eigenvalue weighted by molar-refractivity contribution is 5.41. The van der Waals surface area contributed by atoms with Gasteiger partial charge in [-0.2, -0.15) is 0 Å². The Morgan fingerprint density at radius 3 is 2.67 bits per heavy atom. The van der Waals surface area contributed by atoms with Crippen LogP contribution in [0, 0.1) is 5.82 Å². The molecule has 1 aromatic rings. The Labute approximate surface area is 109 Å². The molecule has 0 heterocycles. The lowest BCUT2D eigenvalue weighted by Crippen LogP contribution is -2.08. The molecule has 3 heteroatoms. The van der Waals surface area contributed by atoms with Gasteiger partial charge >= 0.3 is 0 Å². The first-order valence-electron chi connectivity index (χ1n) is 6.78. The Balaban J connectivity index is 2.26. The lowest BCUT2D eigenvalue weighted by Gasteiger charge is -2.13.